The third-order valence-electron chi connectivity index (χ3n) is 4.52. The van der Waals surface area contributed by atoms with Gasteiger partial charge in [-0.25, -0.2) is 4.39 Å². The molecular formula is C19H21FN2O2. The maximum Gasteiger partial charge on any atom is 0.227 e. The summed E-state index contributed by atoms with van der Waals surface area (Å²) in [5, 5.41) is 13.3. The van der Waals surface area contributed by atoms with Crippen LogP contribution in [0, 0.1) is 5.82 Å². The molecule has 0 radical (unpaired) electrons. The van der Waals surface area contributed by atoms with Crippen molar-refractivity contribution in [2.45, 2.75) is 31.4 Å². The summed E-state index contributed by atoms with van der Waals surface area (Å²) < 4.78 is 13.6. The van der Waals surface area contributed by atoms with Gasteiger partial charge in [-0.3, -0.25) is 4.79 Å². The fourth-order valence-electron chi connectivity index (χ4n) is 3.28. The highest BCUT2D eigenvalue weighted by Gasteiger charge is 2.35. The summed E-state index contributed by atoms with van der Waals surface area (Å²) in [6.07, 6.45) is 0.339. The number of benzene rings is 2. The van der Waals surface area contributed by atoms with Crippen LogP contribution in [0.4, 0.5) is 4.39 Å². The second-order valence-electron chi connectivity index (χ2n) is 6.20. The van der Waals surface area contributed by atoms with Crippen molar-refractivity contribution in [3.8, 4) is 0 Å². The van der Waals surface area contributed by atoms with Crippen LogP contribution in [0.2, 0.25) is 0 Å². The molecule has 2 atom stereocenters. The topological polar surface area (TPSA) is 75.4 Å². The number of aliphatic hydroxyl groups is 1. The van der Waals surface area contributed by atoms with Gasteiger partial charge in [0.05, 0.1) is 12.0 Å². The molecule has 24 heavy (non-hydrogen) atoms. The Kier molecular flexibility index (Phi) is 4.92. The summed E-state index contributed by atoms with van der Waals surface area (Å²) in [6, 6.07) is 12.6. The highest BCUT2D eigenvalue weighted by atomic mass is 19.1. The smallest absolute Gasteiger partial charge is 0.227 e. The molecule has 4 N–H and O–H groups in total. The Bertz CT molecular complexity index is 748. The second kappa shape index (κ2) is 7.11. The summed E-state index contributed by atoms with van der Waals surface area (Å²) in [6.45, 7) is 1.27. The molecule has 0 saturated heterocycles. The van der Waals surface area contributed by atoms with Crippen LogP contribution >= 0.6 is 0 Å². The molecule has 1 amide bonds. The van der Waals surface area contributed by atoms with Gasteiger partial charge in [-0.05, 0) is 47.7 Å². The lowest BCUT2D eigenvalue weighted by atomic mass is 9.97. The van der Waals surface area contributed by atoms with E-state index in [1.807, 2.05) is 24.3 Å². The molecule has 2 aromatic rings. The van der Waals surface area contributed by atoms with Gasteiger partial charge >= 0.3 is 0 Å². The third-order valence-corrected chi connectivity index (χ3v) is 4.52. The first-order valence-electron chi connectivity index (χ1n) is 8.09. The molecule has 4 nitrogen and oxygen atoms in total. The number of hydrogen-bond donors (Lipinski definition) is 3. The maximum atomic E-state index is 13.6. The Morgan fingerprint density at radius 2 is 2.08 bits per heavy atom. The molecule has 1 aliphatic carbocycles. The predicted octanol–water partition coefficient (Wildman–Crippen LogP) is 1.64. The number of halogens is 1. The molecular weight excluding hydrogens is 307 g/mol. The largest absolute Gasteiger partial charge is 0.392 e. The van der Waals surface area contributed by atoms with Crippen LogP contribution in [0.3, 0.4) is 0 Å². The Morgan fingerprint density at radius 1 is 1.29 bits per heavy atom. The first-order valence-corrected chi connectivity index (χ1v) is 8.09. The zero-order valence-corrected chi connectivity index (χ0v) is 13.3. The van der Waals surface area contributed by atoms with Crippen LogP contribution in [0.1, 0.15) is 28.2 Å². The average Bonchev–Trinajstić information content (AvgIpc) is 2.88. The van der Waals surface area contributed by atoms with Crippen molar-refractivity contribution in [2.75, 3.05) is 6.54 Å². The van der Waals surface area contributed by atoms with E-state index in [1.54, 1.807) is 12.1 Å². The fraction of sp³-hybridized carbons (Fsp3) is 0.316. The highest BCUT2D eigenvalue weighted by Crippen LogP contribution is 2.33. The summed E-state index contributed by atoms with van der Waals surface area (Å²) in [4.78, 5) is 11.5. The van der Waals surface area contributed by atoms with Gasteiger partial charge in [0, 0.05) is 6.54 Å². The van der Waals surface area contributed by atoms with Gasteiger partial charge in [0.15, 0.2) is 0 Å². The minimum absolute atomic E-state index is 0.185. The molecule has 126 valence electrons. The van der Waals surface area contributed by atoms with Crippen LogP contribution in [0.15, 0.2) is 42.5 Å². The molecule has 0 saturated carbocycles. The average molecular weight is 328 g/mol. The van der Waals surface area contributed by atoms with E-state index in [1.165, 1.54) is 6.07 Å². The number of carbonyl (C=O) groups excluding carboxylic acids is 1. The van der Waals surface area contributed by atoms with Gasteiger partial charge in [0.1, 0.15) is 5.82 Å². The van der Waals surface area contributed by atoms with Crippen molar-refractivity contribution in [3.63, 3.8) is 0 Å². The number of amides is 1. The number of nitrogens with two attached hydrogens (primary N) is 1. The summed E-state index contributed by atoms with van der Waals surface area (Å²) >= 11 is 0. The van der Waals surface area contributed by atoms with Crippen molar-refractivity contribution in [1.82, 2.24) is 5.32 Å². The van der Waals surface area contributed by atoms with Crippen molar-refractivity contribution in [3.05, 3.63) is 70.5 Å². The number of nitrogens with one attached hydrogen (secondary N) is 1. The van der Waals surface area contributed by atoms with Crippen LogP contribution in [0.25, 0.3) is 0 Å². The monoisotopic (exact) mass is 328 g/mol. The van der Waals surface area contributed by atoms with Crippen molar-refractivity contribution >= 4 is 5.91 Å². The van der Waals surface area contributed by atoms with E-state index in [9.17, 15) is 14.3 Å². The lowest BCUT2D eigenvalue weighted by Crippen LogP contribution is -2.28. The third kappa shape index (κ3) is 3.47. The molecule has 3 rings (SSSR count). The number of aliphatic hydroxyl groups excluding tert-OH is 1. The van der Waals surface area contributed by atoms with Gasteiger partial charge in [-0.2, -0.15) is 0 Å². The number of primary amides is 1. The maximum absolute atomic E-state index is 13.6. The molecule has 0 fully saturated rings. The molecule has 0 heterocycles. The van der Waals surface area contributed by atoms with E-state index in [4.69, 9.17) is 5.73 Å². The van der Waals surface area contributed by atoms with Gasteiger partial charge in [-0.15, -0.1) is 0 Å². The van der Waals surface area contributed by atoms with Crippen molar-refractivity contribution in [2.24, 2.45) is 5.73 Å². The number of carbonyl (C=O) groups is 1. The number of hydrogen-bond acceptors (Lipinski definition) is 3. The van der Waals surface area contributed by atoms with Crippen LogP contribution in [-0.2, 0) is 24.2 Å². The Hall–Kier alpha value is -2.24. The lowest BCUT2D eigenvalue weighted by Gasteiger charge is -2.12. The Morgan fingerprint density at radius 3 is 2.83 bits per heavy atom. The summed E-state index contributed by atoms with van der Waals surface area (Å²) in [5.74, 6) is -1.31. The minimum atomic E-state index is -0.734. The predicted molar refractivity (Wildman–Crippen MR) is 89.9 cm³/mol. The highest BCUT2D eigenvalue weighted by molar-refractivity contribution is 5.84. The van der Waals surface area contributed by atoms with E-state index in [2.05, 4.69) is 5.32 Å². The van der Waals surface area contributed by atoms with E-state index in [0.717, 1.165) is 16.7 Å². The zero-order chi connectivity index (χ0) is 17.1. The molecule has 0 aromatic heterocycles. The van der Waals surface area contributed by atoms with Gasteiger partial charge in [0.25, 0.3) is 0 Å². The van der Waals surface area contributed by atoms with E-state index in [-0.39, 0.29) is 5.82 Å². The molecule has 1 aliphatic rings. The van der Waals surface area contributed by atoms with Gasteiger partial charge in [-0.1, -0.05) is 36.4 Å². The molecule has 0 unspecified atom stereocenters. The zero-order valence-electron chi connectivity index (χ0n) is 13.3. The Balaban J connectivity index is 1.59. The first kappa shape index (κ1) is 16.6. The van der Waals surface area contributed by atoms with Gasteiger partial charge in [0.2, 0.25) is 5.91 Å². The second-order valence-corrected chi connectivity index (χ2v) is 6.20. The quantitative estimate of drug-likeness (QED) is 0.706. The van der Waals surface area contributed by atoms with Crippen molar-refractivity contribution in [1.29, 1.82) is 0 Å². The molecule has 2 aromatic carbocycles. The Labute approximate surface area is 140 Å². The first-order chi connectivity index (χ1) is 11.6. The molecule has 5 heteroatoms. The van der Waals surface area contributed by atoms with Crippen LogP contribution in [0.5, 0.6) is 0 Å². The molecule has 0 spiro atoms. The number of fused-ring (bicyclic) bond motifs is 1. The summed E-state index contributed by atoms with van der Waals surface area (Å²) in [5.41, 5.74) is 8.91. The lowest BCUT2D eigenvalue weighted by molar-refractivity contribution is -0.121. The standard InChI is InChI=1S/C19H21FN2O2/c20-16-4-2-1-3-13(16)7-8-22-11-12-5-6-14-10-17(23)18(19(21)24)15(14)9-12/h1-6,9,17-18,22-23H,7-8,10-11H2,(H2,21,24)/t17-,18-/m1/s1. The van der Waals surface area contributed by atoms with E-state index >= 15 is 0 Å². The van der Waals surface area contributed by atoms with Crippen molar-refractivity contribution < 1.29 is 14.3 Å². The molecule has 0 aliphatic heterocycles. The number of rotatable bonds is 6. The normalized spacial score (nSPS) is 19.2. The summed E-state index contributed by atoms with van der Waals surface area (Å²) in [7, 11) is 0. The van der Waals surface area contributed by atoms with E-state index in [0.29, 0.717) is 31.5 Å². The minimum Gasteiger partial charge on any atom is -0.392 e. The fourth-order valence-corrected chi connectivity index (χ4v) is 3.28. The SMILES string of the molecule is NC(=O)[C@@H]1c2cc(CNCCc3ccccc3F)ccc2C[C@H]1O. The van der Waals surface area contributed by atoms with E-state index < -0.39 is 17.9 Å². The van der Waals surface area contributed by atoms with Crippen LogP contribution in [-0.4, -0.2) is 23.7 Å². The molecule has 0 bridgehead atoms. The van der Waals surface area contributed by atoms with Crippen LogP contribution < -0.4 is 11.1 Å². The van der Waals surface area contributed by atoms with Gasteiger partial charge < -0.3 is 16.2 Å².